The Hall–Kier alpha value is -2.24. The number of nitrogens with one attached hydrogen (secondary N) is 1. The first kappa shape index (κ1) is 16.6. The fraction of sp³-hybridized carbons (Fsp3) is 0.278. The maximum atomic E-state index is 12.6. The maximum absolute atomic E-state index is 12.6. The number of hydrogen-bond acceptors (Lipinski definition) is 3. The van der Waals surface area contributed by atoms with E-state index in [-0.39, 0.29) is 5.91 Å². The molecule has 3 rings (SSSR count). The van der Waals surface area contributed by atoms with Crippen LogP contribution in [0.1, 0.15) is 16.1 Å². The molecule has 0 aliphatic carbocycles. The average molecular weight is 346 g/mol. The van der Waals surface area contributed by atoms with Crippen LogP contribution in [0.4, 0.5) is 0 Å². The van der Waals surface area contributed by atoms with Crippen LogP contribution in [0.3, 0.4) is 0 Å². The number of likely N-dealkylation sites (N-methyl/N-ethyl adjacent to an activating group) is 1. The van der Waals surface area contributed by atoms with E-state index in [1.165, 1.54) is 0 Å². The second-order valence-corrected chi connectivity index (χ2v) is 6.34. The topological polar surface area (TPSA) is 50.4 Å². The number of carbonyl (C=O) groups excluding carboxylic acids is 1. The molecule has 1 N–H and O–H groups in total. The fourth-order valence-electron chi connectivity index (χ4n) is 2.62. The SMILES string of the molecule is CN(C)CCNC(=O)c1cc2occc2n1Cc1ccccc1Cl. The van der Waals surface area contributed by atoms with E-state index in [0.717, 1.165) is 17.6 Å². The van der Waals surface area contributed by atoms with Crippen LogP contribution in [0.25, 0.3) is 11.1 Å². The van der Waals surface area contributed by atoms with Gasteiger partial charge in [-0.05, 0) is 25.7 Å². The fourth-order valence-corrected chi connectivity index (χ4v) is 2.81. The van der Waals surface area contributed by atoms with Crippen molar-refractivity contribution in [3.8, 4) is 0 Å². The molecule has 0 aliphatic heterocycles. The minimum Gasteiger partial charge on any atom is -0.463 e. The van der Waals surface area contributed by atoms with E-state index in [1.807, 2.05) is 53.9 Å². The summed E-state index contributed by atoms with van der Waals surface area (Å²) >= 11 is 6.27. The average Bonchev–Trinajstić information content (AvgIpc) is 3.11. The molecule has 0 bridgehead atoms. The van der Waals surface area contributed by atoms with Crippen molar-refractivity contribution in [2.24, 2.45) is 0 Å². The second kappa shape index (κ2) is 7.11. The van der Waals surface area contributed by atoms with E-state index in [1.54, 1.807) is 12.3 Å². The third-order valence-corrected chi connectivity index (χ3v) is 4.26. The predicted molar refractivity (Wildman–Crippen MR) is 95.6 cm³/mol. The van der Waals surface area contributed by atoms with E-state index >= 15 is 0 Å². The Morgan fingerprint density at radius 3 is 2.83 bits per heavy atom. The first-order chi connectivity index (χ1) is 11.6. The predicted octanol–water partition coefficient (Wildman–Crippen LogP) is 3.23. The quantitative estimate of drug-likeness (QED) is 0.746. The summed E-state index contributed by atoms with van der Waals surface area (Å²) in [5, 5.41) is 3.63. The highest BCUT2D eigenvalue weighted by atomic mass is 35.5. The Bertz CT molecular complexity index is 851. The number of hydrogen-bond donors (Lipinski definition) is 1. The molecule has 5 nitrogen and oxygen atoms in total. The molecule has 3 aromatic rings. The minimum absolute atomic E-state index is 0.115. The number of fused-ring (bicyclic) bond motifs is 1. The number of nitrogens with zero attached hydrogens (tertiary/aromatic N) is 2. The van der Waals surface area contributed by atoms with Crippen LogP contribution in [-0.2, 0) is 6.54 Å². The van der Waals surface area contributed by atoms with Crippen molar-refractivity contribution in [3.63, 3.8) is 0 Å². The molecule has 24 heavy (non-hydrogen) atoms. The molecular weight excluding hydrogens is 326 g/mol. The largest absolute Gasteiger partial charge is 0.463 e. The van der Waals surface area contributed by atoms with Gasteiger partial charge in [-0.1, -0.05) is 29.8 Å². The Balaban J connectivity index is 1.89. The van der Waals surface area contributed by atoms with E-state index < -0.39 is 0 Å². The Labute approximate surface area is 145 Å². The lowest BCUT2D eigenvalue weighted by atomic mass is 10.2. The third kappa shape index (κ3) is 3.47. The smallest absolute Gasteiger partial charge is 0.268 e. The lowest BCUT2D eigenvalue weighted by Gasteiger charge is -2.13. The summed E-state index contributed by atoms with van der Waals surface area (Å²) in [5.41, 5.74) is 3.11. The highest BCUT2D eigenvalue weighted by Crippen LogP contribution is 2.24. The molecule has 0 fully saturated rings. The number of carbonyl (C=O) groups is 1. The molecule has 0 saturated heterocycles. The minimum atomic E-state index is -0.115. The van der Waals surface area contributed by atoms with E-state index in [9.17, 15) is 4.79 Å². The maximum Gasteiger partial charge on any atom is 0.268 e. The van der Waals surface area contributed by atoms with Crippen LogP contribution in [-0.4, -0.2) is 42.6 Å². The van der Waals surface area contributed by atoms with Crippen molar-refractivity contribution >= 4 is 28.6 Å². The van der Waals surface area contributed by atoms with Crippen molar-refractivity contribution in [1.82, 2.24) is 14.8 Å². The van der Waals surface area contributed by atoms with Gasteiger partial charge in [-0.15, -0.1) is 0 Å². The molecule has 0 unspecified atom stereocenters. The molecule has 1 aromatic carbocycles. The van der Waals surface area contributed by atoms with E-state index in [2.05, 4.69) is 5.32 Å². The van der Waals surface area contributed by atoms with Crippen LogP contribution >= 0.6 is 11.6 Å². The summed E-state index contributed by atoms with van der Waals surface area (Å²) in [5.74, 6) is -0.115. The molecule has 0 atom stereocenters. The normalized spacial score (nSPS) is 11.3. The number of benzene rings is 1. The lowest BCUT2D eigenvalue weighted by Crippen LogP contribution is -2.32. The first-order valence-corrected chi connectivity index (χ1v) is 8.17. The van der Waals surface area contributed by atoms with Gasteiger partial charge >= 0.3 is 0 Å². The van der Waals surface area contributed by atoms with E-state index in [0.29, 0.717) is 29.4 Å². The van der Waals surface area contributed by atoms with Crippen molar-refractivity contribution in [2.45, 2.75) is 6.54 Å². The molecule has 0 aliphatic rings. The molecular formula is C18H20ClN3O2. The lowest BCUT2D eigenvalue weighted by molar-refractivity contribution is 0.0942. The Kier molecular flexibility index (Phi) is 4.92. The van der Waals surface area contributed by atoms with Crippen LogP contribution in [0.5, 0.6) is 0 Å². The summed E-state index contributed by atoms with van der Waals surface area (Å²) in [6.07, 6.45) is 1.63. The zero-order chi connectivity index (χ0) is 17.1. The standard InChI is InChI=1S/C18H20ClN3O2/c1-21(2)9-8-20-18(23)16-11-17-15(7-10-24-17)22(16)12-13-5-3-4-6-14(13)19/h3-7,10-11H,8-9,12H2,1-2H3,(H,20,23). The third-order valence-electron chi connectivity index (χ3n) is 3.89. The molecule has 6 heteroatoms. The molecule has 2 aromatic heterocycles. The Morgan fingerprint density at radius 2 is 2.08 bits per heavy atom. The molecule has 0 radical (unpaired) electrons. The molecule has 0 saturated carbocycles. The zero-order valence-corrected chi connectivity index (χ0v) is 14.5. The van der Waals surface area contributed by atoms with Gasteiger partial charge in [0.1, 0.15) is 5.69 Å². The van der Waals surface area contributed by atoms with Crippen LogP contribution in [0.15, 0.2) is 47.1 Å². The molecule has 126 valence electrons. The van der Waals surface area contributed by atoms with Crippen LogP contribution < -0.4 is 5.32 Å². The molecule has 0 spiro atoms. The van der Waals surface area contributed by atoms with Gasteiger partial charge in [0.15, 0.2) is 5.58 Å². The van der Waals surface area contributed by atoms with Crippen LogP contribution in [0, 0.1) is 0 Å². The zero-order valence-electron chi connectivity index (χ0n) is 13.8. The van der Waals surface area contributed by atoms with Gasteiger partial charge in [0.25, 0.3) is 5.91 Å². The monoisotopic (exact) mass is 345 g/mol. The van der Waals surface area contributed by atoms with E-state index in [4.69, 9.17) is 16.0 Å². The van der Waals surface area contributed by atoms with Gasteiger partial charge in [-0.2, -0.15) is 0 Å². The number of furan rings is 1. The van der Waals surface area contributed by atoms with Gasteiger partial charge in [0.05, 0.1) is 11.8 Å². The van der Waals surface area contributed by atoms with Gasteiger partial charge in [0.2, 0.25) is 0 Å². The van der Waals surface area contributed by atoms with Gasteiger partial charge in [-0.25, -0.2) is 0 Å². The van der Waals surface area contributed by atoms with Gasteiger partial charge in [-0.3, -0.25) is 4.79 Å². The highest BCUT2D eigenvalue weighted by molar-refractivity contribution is 6.31. The van der Waals surface area contributed by atoms with Crippen molar-refractivity contribution in [2.75, 3.05) is 27.2 Å². The van der Waals surface area contributed by atoms with Crippen molar-refractivity contribution < 1.29 is 9.21 Å². The number of amides is 1. The van der Waals surface area contributed by atoms with Gasteiger partial charge < -0.3 is 19.2 Å². The number of aromatic nitrogens is 1. The van der Waals surface area contributed by atoms with Gasteiger partial charge in [0, 0.05) is 36.8 Å². The van der Waals surface area contributed by atoms with Crippen LogP contribution in [0.2, 0.25) is 5.02 Å². The number of halogens is 1. The van der Waals surface area contributed by atoms with Crippen molar-refractivity contribution in [3.05, 3.63) is 58.9 Å². The highest BCUT2D eigenvalue weighted by Gasteiger charge is 2.18. The second-order valence-electron chi connectivity index (χ2n) is 5.94. The summed E-state index contributed by atoms with van der Waals surface area (Å²) in [6.45, 7) is 1.89. The Morgan fingerprint density at radius 1 is 1.29 bits per heavy atom. The number of rotatable bonds is 6. The summed E-state index contributed by atoms with van der Waals surface area (Å²) in [7, 11) is 3.94. The first-order valence-electron chi connectivity index (χ1n) is 7.79. The summed E-state index contributed by atoms with van der Waals surface area (Å²) in [6, 6.07) is 11.3. The summed E-state index contributed by atoms with van der Waals surface area (Å²) in [4.78, 5) is 14.6. The van der Waals surface area contributed by atoms with Crippen molar-refractivity contribution in [1.29, 1.82) is 0 Å². The summed E-state index contributed by atoms with van der Waals surface area (Å²) < 4.78 is 7.39. The molecule has 2 heterocycles. The molecule has 1 amide bonds.